The van der Waals surface area contributed by atoms with Crippen molar-refractivity contribution in [2.75, 3.05) is 13.7 Å². The Morgan fingerprint density at radius 1 is 1.18 bits per heavy atom. The van der Waals surface area contributed by atoms with E-state index < -0.39 is 17.7 Å². The minimum atomic E-state index is -0.769. The molecule has 0 aliphatic carbocycles. The summed E-state index contributed by atoms with van der Waals surface area (Å²) in [5.74, 6) is -0.167. The SMILES string of the molecule is COc1cccc(CN2C(=O)C(=O)/C(=C(\O)c3ccc4c(c3)CCO4)C2c2cccnc2)c1. The molecule has 1 saturated heterocycles. The number of aromatic nitrogens is 1. The largest absolute Gasteiger partial charge is 0.507 e. The third kappa shape index (κ3) is 3.71. The van der Waals surface area contributed by atoms with Crippen molar-refractivity contribution in [1.29, 1.82) is 0 Å². The molecular weight excluding hydrogens is 420 g/mol. The summed E-state index contributed by atoms with van der Waals surface area (Å²) in [6, 6.07) is 15.4. The predicted octanol–water partition coefficient (Wildman–Crippen LogP) is 3.65. The van der Waals surface area contributed by atoms with Crippen LogP contribution in [0.1, 0.15) is 28.3 Å². The number of amides is 1. The number of fused-ring (bicyclic) bond motifs is 1. The first-order valence-corrected chi connectivity index (χ1v) is 10.6. The van der Waals surface area contributed by atoms with E-state index in [1.54, 1.807) is 43.8 Å². The second kappa shape index (κ2) is 8.43. The Morgan fingerprint density at radius 3 is 2.85 bits per heavy atom. The zero-order valence-corrected chi connectivity index (χ0v) is 18.0. The van der Waals surface area contributed by atoms with Gasteiger partial charge in [-0.25, -0.2) is 0 Å². The quantitative estimate of drug-likeness (QED) is 0.369. The molecule has 7 nitrogen and oxygen atoms in total. The van der Waals surface area contributed by atoms with Crippen molar-refractivity contribution < 1.29 is 24.2 Å². The van der Waals surface area contributed by atoms with Crippen LogP contribution in [0.3, 0.4) is 0 Å². The van der Waals surface area contributed by atoms with Crippen molar-refractivity contribution in [1.82, 2.24) is 9.88 Å². The maximum absolute atomic E-state index is 13.2. The molecule has 166 valence electrons. The summed E-state index contributed by atoms with van der Waals surface area (Å²) in [4.78, 5) is 32.0. The second-order valence-corrected chi connectivity index (χ2v) is 7.99. The second-order valence-electron chi connectivity index (χ2n) is 7.99. The highest BCUT2D eigenvalue weighted by atomic mass is 16.5. The van der Waals surface area contributed by atoms with E-state index in [4.69, 9.17) is 9.47 Å². The van der Waals surface area contributed by atoms with Gasteiger partial charge in [0, 0.05) is 30.9 Å². The third-order valence-corrected chi connectivity index (χ3v) is 5.99. The van der Waals surface area contributed by atoms with Crippen LogP contribution in [0.15, 0.2) is 72.6 Å². The van der Waals surface area contributed by atoms with E-state index in [1.807, 2.05) is 30.3 Å². The maximum Gasteiger partial charge on any atom is 0.295 e. The lowest BCUT2D eigenvalue weighted by Crippen LogP contribution is -2.29. The Balaban J connectivity index is 1.61. The highest BCUT2D eigenvalue weighted by molar-refractivity contribution is 6.46. The minimum Gasteiger partial charge on any atom is -0.507 e. The molecule has 2 aromatic carbocycles. The number of likely N-dealkylation sites (tertiary alicyclic amines) is 1. The fourth-order valence-electron chi connectivity index (χ4n) is 4.38. The van der Waals surface area contributed by atoms with Gasteiger partial charge in [0.25, 0.3) is 11.7 Å². The molecule has 2 aliphatic rings. The number of benzene rings is 2. The van der Waals surface area contributed by atoms with Crippen molar-refractivity contribution in [2.45, 2.75) is 19.0 Å². The Kier molecular flexibility index (Phi) is 5.30. The molecule has 0 radical (unpaired) electrons. The monoisotopic (exact) mass is 442 g/mol. The highest BCUT2D eigenvalue weighted by Gasteiger charge is 2.46. The average molecular weight is 442 g/mol. The Labute approximate surface area is 190 Å². The van der Waals surface area contributed by atoms with Crippen molar-refractivity contribution >= 4 is 17.4 Å². The van der Waals surface area contributed by atoms with Crippen LogP contribution >= 0.6 is 0 Å². The molecule has 0 spiro atoms. The average Bonchev–Trinajstić information content (AvgIpc) is 3.42. The minimum absolute atomic E-state index is 0.0507. The smallest absolute Gasteiger partial charge is 0.295 e. The molecule has 1 aromatic heterocycles. The summed E-state index contributed by atoms with van der Waals surface area (Å²) in [6.45, 7) is 0.760. The number of rotatable bonds is 5. The zero-order chi connectivity index (χ0) is 22.9. The lowest BCUT2D eigenvalue weighted by molar-refractivity contribution is -0.140. The molecule has 2 aliphatic heterocycles. The number of aliphatic hydroxyl groups is 1. The van der Waals surface area contributed by atoms with Crippen molar-refractivity contribution in [3.05, 3.63) is 94.8 Å². The third-order valence-electron chi connectivity index (χ3n) is 5.99. The molecule has 0 saturated carbocycles. The van der Waals surface area contributed by atoms with Crippen LogP contribution in [0.25, 0.3) is 5.76 Å². The van der Waals surface area contributed by atoms with E-state index in [9.17, 15) is 14.7 Å². The number of Topliss-reactive ketones (excluding diaryl/α,β-unsaturated/α-hetero) is 1. The van der Waals surface area contributed by atoms with E-state index in [0.29, 0.717) is 23.5 Å². The number of hydrogen-bond donors (Lipinski definition) is 1. The number of nitrogens with zero attached hydrogens (tertiary/aromatic N) is 2. The molecule has 33 heavy (non-hydrogen) atoms. The number of ketones is 1. The van der Waals surface area contributed by atoms with Crippen LogP contribution in [0.2, 0.25) is 0 Å². The van der Waals surface area contributed by atoms with Gasteiger partial charge in [-0.1, -0.05) is 18.2 Å². The van der Waals surface area contributed by atoms with Crippen LogP contribution in [0.5, 0.6) is 11.5 Å². The summed E-state index contributed by atoms with van der Waals surface area (Å²) in [7, 11) is 1.57. The van der Waals surface area contributed by atoms with Crippen LogP contribution in [0.4, 0.5) is 0 Å². The molecule has 3 aromatic rings. The van der Waals surface area contributed by atoms with Gasteiger partial charge in [0.15, 0.2) is 0 Å². The fourth-order valence-corrected chi connectivity index (χ4v) is 4.38. The van der Waals surface area contributed by atoms with E-state index in [1.165, 1.54) is 4.90 Å². The first kappa shape index (κ1) is 20.8. The van der Waals surface area contributed by atoms with Gasteiger partial charge in [0.2, 0.25) is 0 Å². The molecule has 1 fully saturated rings. The molecular formula is C26H22N2O5. The maximum atomic E-state index is 13.2. The molecule has 1 unspecified atom stereocenters. The summed E-state index contributed by atoms with van der Waals surface area (Å²) >= 11 is 0. The van der Waals surface area contributed by atoms with Crippen molar-refractivity contribution in [3.63, 3.8) is 0 Å². The Morgan fingerprint density at radius 2 is 2.06 bits per heavy atom. The molecule has 7 heteroatoms. The number of aliphatic hydroxyl groups excluding tert-OH is 1. The first-order chi connectivity index (χ1) is 16.1. The number of carbonyl (C=O) groups excluding carboxylic acids is 2. The van der Waals surface area contributed by atoms with Gasteiger partial charge >= 0.3 is 0 Å². The summed E-state index contributed by atoms with van der Waals surface area (Å²) in [5, 5.41) is 11.2. The highest BCUT2D eigenvalue weighted by Crippen LogP contribution is 2.41. The van der Waals surface area contributed by atoms with E-state index in [-0.39, 0.29) is 17.9 Å². The number of ether oxygens (including phenoxy) is 2. The summed E-state index contributed by atoms with van der Waals surface area (Å²) < 4.78 is 10.8. The summed E-state index contributed by atoms with van der Waals surface area (Å²) in [5.41, 5.74) is 2.94. The van der Waals surface area contributed by atoms with Gasteiger partial charge in [-0.3, -0.25) is 14.6 Å². The molecule has 1 atom stereocenters. The standard InChI is InChI=1S/C26H22N2O5/c1-32-20-6-2-4-16(12-20)15-28-23(19-5-3-10-27-14-19)22(25(30)26(28)31)24(29)18-7-8-21-17(13-18)9-11-33-21/h2-8,10,12-14,23,29H,9,11,15H2,1H3/b24-22-. The van der Waals surface area contributed by atoms with Crippen molar-refractivity contribution in [2.24, 2.45) is 0 Å². The molecule has 1 N–H and O–H groups in total. The Bertz CT molecular complexity index is 1270. The van der Waals surface area contributed by atoms with Gasteiger partial charge in [-0.2, -0.15) is 0 Å². The summed E-state index contributed by atoms with van der Waals surface area (Å²) in [6.07, 6.45) is 3.96. The van der Waals surface area contributed by atoms with Crippen molar-refractivity contribution in [3.8, 4) is 11.5 Å². The molecule has 5 rings (SSSR count). The van der Waals surface area contributed by atoms with E-state index in [2.05, 4.69) is 4.98 Å². The molecule has 1 amide bonds. The van der Waals surface area contributed by atoms with Crippen LogP contribution in [-0.2, 0) is 22.6 Å². The lowest BCUT2D eigenvalue weighted by Gasteiger charge is -2.25. The van der Waals surface area contributed by atoms with Gasteiger partial charge < -0.3 is 19.5 Å². The normalized spacial score (nSPS) is 18.8. The Hall–Kier alpha value is -4.13. The van der Waals surface area contributed by atoms with E-state index >= 15 is 0 Å². The van der Waals surface area contributed by atoms with Crippen LogP contribution in [-0.4, -0.2) is 40.4 Å². The number of hydrogen-bond acceptors (Lipinski definition) is 6. The van der Waals surface area contributed by atoms with Crippen LogP contribution in [0, 0.1) is 0 Å². The predicted molar refractivity (Wildman–Crippen MR) is 121 cm³/mol. The molecule has 3 heterocycles. The van der Waals surface area contributed by atoms with Gasteiger partial charge in [0.05, 0.1) is 25.3 Å². The van der Waals surface area contributed by atoms with E-state index in [0.717, 1.165) is 23.3 Å². The number of pyridine rings is 1. The van der Waals surface area contributed by atoms with Gasteiger partial charge in [0.1, 0.15) is 17.3 Å². The van der Waals surface area contributed by atoms with Crippen LogP contribution < -0.4 is 9.47 Å². The number of methoxy groups -OCH3 is 1. The first-order valence-electron chi connectivity index (χ1n) is 10.6. The number of carbonyl (C=O) groups is 2. The zero-order valence-electron chi connectivity index (χ0n) is 18.0. The molecule has 0 bridgehead atoms. The fraction of sp³-hybridized carbons (Fsp3) is 0.192. The lowest BCUT2D eigenvalue weighted by atomic mass is 9.95. The topological polar surface area (TPSA) is 89.0 Å². The van der Waals surface area contributed by atoms with Gasteiger partial charge in [-0.05, 0) is 53.1 Å². The van der Waals surface area contributed by atoms with Gasteiger partial charge in [-0.15, -0.1) is 0 Å².